The van der Waals surface area contributed by atoms with E-state index in [4.69, 9.17) is 4.42 Å². The minimum absolute atomic E-state index is 0.482. The molecule has 0 amide bonds. The summed E-state index contributed by atoms with van der Waals surface area (Å²) in [5.41, 5.74) is 19.1. The maximum Gasteiger partial charge on any atom is 0.143 e. The Bertz CT molecular complexity index is 3390. The molecule has 2 nitrogen and oxygen atoms in total. The van der Waals surface area contributed by atoms with E-state index in [9.17, 15) is 0 Å². The molecule has 12 rings (SSSR count). The smallest absolute Gasteiger partial charge is 0.143 e. The summed E-state index contributed by atoms with van der Waals surface area (Å²) >= 11 is 0. The summed E-state index contributed by atoms with van der Waals surface area (Å²) in [6, 6.07) is 90.2. The van der Waals surface area contributed by atoms with Gasteiger partial charge in [-0.15, -0.1) is 0 Å². The summed E-state index contributed by atoms with van der Waals surface area (Å²) in [7, 11) is 0. The lowest BCUT2D eigenvalue weighted by Crippen LogP contribution is -2.28. The molecule has 1 aliphatic rings. The predicted molar refractivity (Wildman–Crippen MR) is 262 cm³/mol. The van der Waals surface area contributed by atoms with Gasteiger partial charge >= 0.3 is 0 Å². The first-order valence-electron chi connectivity index (χ1n) is 21.7. The summed E-state index contributed by atoms with van der Waals surface area (Å²) in [6.07, 6.45) is 0. The van der Waals surface area contributed by atoms with Gasteiger partial charge < -0.3 is 9.32 Å². The van der Waals surface area contributed by atoms with Crippen LogP contribution in [0, 0.1) is 0 Å². The fourth-order valence-electron chi connectivity index (χ4n) is 10.2. The molecule has 0 N–H and O–H groups in total. The summed E-state index contributed by atoms with van der Waals surface area (Å²) < 4.78 is 6.49. The average Bonchev–Trinajstić information content (AvgIpc) is 3.90. The summed E-state index contributed by atoms with van der Waals surface area (Å²) in [5.74, 6) is 0. The van der Waals surface area contributed by atoms with Crippen LogP contribution in [-0.2, 0) is 5.41 Å². The van der Waals surface area contributed by atoms with Crippen LogP contribution in [0.4, 0.5) is 17.1 Å². The van der Waals surface area contributed by atoms with Crippen LogP contribution >= 0.6 is 0 Å². The van der Waals surface area contributed by atoms with E-state index in [0.717, 1.165) is 55.7 Å². The molecule has 0 spiro atoms. The van der Waals surface area contributed by atoms with Crippen molar-refractivity contribution in [3.8, 4) is 44.5 Å². The van der Waals surface area contributed by atoms with E-state index in [0.29, 0.717) is 0 Å². The molecule has 1 aliphatic carbocycles. The fourth-order valence-corrected chi connectivity index (χ4v) is 10.2. The quantitative estimate of drug-likeness (QED) is 0.152. The Kier molecular flexibility index (Phi) is 8.76. The van der Waals surface area contributed by atoms with Crippen molar-refractivity contribution in [3.05, 3.63) is 271 Å². The van der Waals surface area contributed by atoms with Crippen molar-refractivity contribution in [1.29, 1.82) is 0 Å². The lowest BCUT2D eigenvalue weighted by atomic mass is 9.68. The average molecular weight is 804 g/mol. The van der Waals surface area contributed by atoms with Gasteiger partial charge in [0, 0.05) is 33.3 Å². The molecule has 63 heavy (non-hydrogen) atoms. The van der Waals surface area contributed by atoms with Gasteiger partial charge in [-0.3, -0.25) is 0 Å². The second kappa shape index (κ2) is 15.1. The topological polar surface area (TPSA) is 16.4 Å². The molecule has 0 fully saturated rings. The van der Waals surface area contributed by atoms with Crippen molar-refractivity contribution in [2.75, 3.05) is 4.90 Å². The third kappa shape index (κ3) is 5.87. The van der Waals surface area contributed by atoms with E-state index in [1.54, 1.807) is 0 Å². The predicted octanol–water partition coefficient (Wildman–Crippen LogP) is 16.4. The van der Waals surface area contributed by atoms with Crippen LogP contribution in [0.3, 0.4) is 0 Å². The summed E-state index contributed by atoms with van der Waals surface area (Å²) in [4.78, 5) is 2.41. The molecule has 11 aromatic rings. The fraction of sp³-hybridized carbons (Fsp3) is 0.0164. The largest absolute Gasteiger partial charge is 0.455 e. The van der Waals surface area contributed by atoms with Crippen molar-refractivity contribution in [2.24, 2.45) is 0 Å². The summed E-state index contributed by atoms with van der Waals surface area (Å²) in [5, 5.41) is 2.26. The number of anilines is 3. The van der Waals surface area contributed by atoms with E-state index in [-0.39, 0.29) is 0 Å². The van der Waals surface area contributed by atoms with Crippen molar-refractivity contribution in [1.82, 2.24) is 0 Å². The van der Waals surface area contributed by atoms with Crippen LogP contribution < -0.4 is 4.90 Å². The Morgan fingerprint density at radius 1 is 0.302 bits per heavy atom. The van der Waals surface area contributed by atoms with Crippen LogP contribution in [0.25, 0.3) is 66.4 Å². The highest BCUT2D eigenvalue weighted by Crippen LogP contribution is 2.56. The number of hydrogen-bond acceptors (Lipinski definition) is 2. The minimum Gasteiger partial charge on any atom is -0.455 e. The van der Waals surface area contributed by atoms with Crippen LogP contribution in [0.2, 0.25) is 0 Å². The van der Waals surface area contributed by atoms with E-state index in [1.165, 1.54) is 50.1 Å². The number of para-hydroxylation sites is 3. The van der Waals surface area contributed by atoms with Crippen LogP contribution in [0.15, 0.2) is 253 Å². The van der Waals surface area contributed by atoms with Crippen molar-refractivity contribution < 1.29 is 4.42 Å². The monoisotopic (exact) mass is 803 g/mol. The minimum atomic E-state index is -0.482. The highest BCUT2D eigenvalue weighted by Gasteiger charge is 2.45. The van der Waals surface area contributed by atoms with Crippen molar-refractivity contribution >= 4 is 39.0 Å². The zero-order chi connectivity index (χ0) is 41.7. The first kappa shape index (κ1) is 36.6. The molecule has 0 saturated carbocycles. The molecule has 0 radical (unpaired) electrons. The second-order valence-electron chi connectivity index (χ2n) is 16.3. The molecule has 296 valence electrons. The maximum absolute atomic E-state index is 6.49. The number of hydrogen-bond donors (Lipinski definition) is 0. The molecular formula is C61H41NO. The number of furan rings is 1. The Morgan fingerprint density at radius 3 is 1.48 bits per heavy atom. The maximum atomic E-state index is 6.49. The van der Waals surface area contributed by atoms with Gasteiger partial charge in [-0.05, 0) is 92.0 Å². The molecular weight excluding hydrogens is 763 g/mol. The first-order chi connectivity index (χ1) is 31.3. The third-order valence-electron chi connectivity index (χ3n) is 13.0. The Balaban J connectivity index is 1.04. The van der Waals surface area contributed by atoms with E-state index in [1.807, 2.05) is 12.1 Å². The number of rotatable bonds is 8. The normalized spacial score (nSPS) is 12.6. The van der Waals surface area contributed by atoms with Gasteiger partial charge in [0.1, 0.15) is 11.2 Å². The zero-order valence-electron chi connectivity index (χ0n) is 34.5. The molecule has 10 aromatic carbocycles. The highest BCUT2D eigenvalue weighted by molar-refractivity contribution is 6.09. The molecule has 0 saturated heterocycles. The standard InChI is InChI=1S/C61H41NO/c1-3-18-42(19-4-1)48-22-7-8-23-50(48)53-26-11-15-32-58(53)62(46-38-34-43(35-39-46)49-28-17-29-55-54-27-12-16-33-59(54)63-60(49)55)47-40-36-45(37-41-47)61(44-20-5-2-6-21-44)56-30-13-9-24-51(56)52-25-10-14-31-57(52)61/h1-41H. The number of nitrogens with zero attached hydrogens (tertiary/aromatic N) is 1. The molecule has 1 heterocycles. The van der Waals surface area contributed by atoms with Gasteiger partial charge in [-0.2, -0.15) is 0 Å². The van der Waals surface area contributed by atoms with E-state index < -0.39 is 5.41 Å². The Hall–Kier alpha value is -8.20. The van der Waals surface area contributed by atoms with Gasteiger partial charge in [0.25, 0.3) is 0 Å². The summed E-state index contributed by atoms with van der Waals surface area (Å²) in [6.45, 7) is 0. The Morgan fingerprint density at radius 2 is 0.778 bits per heavy atom. The van der Waals surface area contributed by atoms with Crippen LogP contribution in [0.1, 0.15) is 22.3 Å². The molecule has 0 atom stereocenters. The van der Waals surface area contributed by atoms with Gasteiger partial charge in [0.05, 0.1) is 11.1 Å². The first-order valence-corrected chi connectivity index (χ1v) is 21.7. The molecule has 0 unspecified atom stereocenters. The SMILES string of the molecule is c1ccc(-c2ccccc2-c2ccccc2N(c2ccc(-c3cccc4c3oc3ccccc34)cc2)c2ccc(C3(c4ccccc4)c4ccccc4-c4ccccc43)cc2)cc1. The lowest BCUT2D eigenvalue weighted by Gasteiger charge is -2.34. The molecule has 2 heteroatoms. The molecule has 0 bridgehead atoms. The Labute approximate surface area is 367 Å². The number of fused-ring (bicyclic) bond motifs is 6. The third-order valence-corrected chi connectivity index (χ3v) is 13.0. The van der Waals surface area contributed by atoms with Crippen molar-refractivity contribution in [2.45, 2.75) is 5.41 Å². The molecule has 0 aliphatic heterocycles. The van der Waals surface area contributed by atoms with Crippen molar-refractivity contribution in [3.63, 3.8) is 0 Å². The zero-order valence-corrected chi connectivity index (χ0v) is 34.5. The lowest BCUT2D eigenvalue weighted by molar-refractivity contribution is 0.670. The van der Waals surface area contributed by atoms with Gasteiger partial charge in [0.15, 0.2) is 0 Å². The van der Waals surface area contributed by atoms with Crippen LogP contribution in [0.5, 0.6) is 0 Å². The van der Waals surface area contributed by atoms with Gasteiger partial charge in [-0.1, -0.05) is 212 Å². The molecule has 1 aromatic heterocycles. The highest BCUT2D eigenvalue weighted by atomic mass is 16.3. The number of benzene rings is 10. The van der Waals surface area contributed by atoms with E-state index in [2.05, 4.69) is 241 Å². The van der Waals surface area contributed by atoms with Gasteiger partial charge in [0.2, 0.25) is 0 Å². The van der Waals surface area contributed by atoms with E-state index >= 15 is 0 Å². The van der Waals surface area contributed by atoms with Crippen LogP contribution in [-0.4, -0.2) is 0 Å². The second-order valence-corrected chi connectivity index (χ2v) is 16.3. The van der Waals surface area contributed by atoms with Gasteiger partial charge in [-0.25, -0.2) is 0 Å².